The van der Waals surface area contributed by atoms with E-state index in [0.717, 1.165) is 25.6 Å². The lowest BCUT2D eigenvalue weighted by molar-refractivity contribution is 0.413. The van der Waals surface area contributed by atoms with Crippen molar-refractivity contribution in [2.45, 2.75) is 64.5 Å². The van der Waals surface area contributed by atoms with Gasteiger partial charge < -0.3 is 10.2 Å². The van der Waals surface area contributed by atoms with E-state index in [9.17, 15) is 0 Å². The fourth-order valence-electron chi connectivity index (χ4n) is 2.78. The van der Waals surface area contributed by atoms with Crippen molar-refractivity contribution in [2.24, 2.45) is 0 Å². The van der Waals surface area contributed by atoms with Crippen LogP contribution in [0.25, 0.3) is 0 Å². The van der Waals surface area contributed by atoms with E-state index in [4.69, 9.17) is 4.98 Å². The molecule has 1 aromatic rings. The molecule has 0 radical (unpaired) electrons. The van der Waals surface area contributed by atoms with Gasteiger partial charge >= 0.3 is 0 Å². The van der Waals surface area contributed by atoms with Crippen LogP contribution in [0, 0.1) is 0 Å². The van der Waals surface area contributed by atoms with Gasteiger partial charge in [0.15, 0.2) is 0 Å². The molecule has 2 rings (SSSR count). The van der Waals surface area contributed by atoms with Crippen LogP contribution in [0.2, 0.25) is 0 Å². The zero-order valence-corrected chi connectivity index (χ0v) is 14.2. The van der Waals surface area contributed by atoms with Gasteiger partial charge in [-0.05, 0) is 32.9 Å². The molecule has 4 heteroatoms. The van der Waals surface area contributed by atoms with Crippen LogP contribution in [0.3, 0.4) is 0 Å². The van der Waals surface area contributed by atoms with Gasteiger partial charge in [-0.25, -0.2) is 4.98 Å². The van der Waals surface area contributed by atoms with Crippen LogP contribution in [0.15, 0.2) is 0 Å². The Bertz CT molecular complexity index is 406. The number of rotatable bonds is 7. The van der Waals surface area contributed by atoms with E-state index in [1.54, 1.807) is 0 Å². The molecule has 1 aromatic heterocycles. The lowest BCUT2D eigenvalue weighted by Crippen LogP contribution is -2.25. The summed E-state index contributed by atoms with van der Waals surface area (Å²) < 4.78 is 0. The van der Waals surface area contributed by atoms with Crippen LogP contribution in [0.4, 0.5) is 0 Å². The standard InChI is InChI=1S/C16H29N3S/c1-12(2)16-14(11-17-13-7-5-6-8-13)20-15(18-16)9-10-19(3)4/h12-13,17H,5-11H2,1-4H3. The van der Waals surface area contributed by atoms with Crippen LogP contribution < -0.4 is 5.32 Å². The monoisotopic (exact) mass is 295 g/mol. The molecule has 1 aliphatic rings. The van der Waals surface area contributed by atoms with E-state index >= 15 is 0 Å². The van der Waals surface area contributed by atoms with E-state index in [2.05, 4.69) is 38.2 Å². The fraction of sp³-hybridized carbons (Fsp3) is 0.812. The Hall–Kier alpha value is -0.450. The molecule has 1 N–H and O–H groups in total. The molecule has 1 aliphatic carbocycles. The van der Waals surface area contributed by atoms with Crippen molar-refractivity contribution in [1.82, 2.24) is 15.2 Å². The summed E-state index contributed by atoms with van der Waals surface area (Å²) in [6.45, 7) is 6.60. The van der Waals surface area contributed by atoms with Gasteiger partial charge in [-0.2, -0.15) is 0 Å². The first kappa shape index (κ1) is 15.9. The fourth-order valence-corrected chi connectivity index (χ4v) is 3.95. The average molecular weight is 295 g/mol. The average Bonchev–Trinajstić information content (AvgIpc) is 3.03. The van der Waals surface area contributed by atoms with Gasteiger partial charge in [-0.15, -0.1) is 11.3 Å². The van der Waals surface area contributed by atoms with Crippen LogP contribution in [0.5, 0.6) is 0 Å². The first-order valence-corrected chi connectivity index (χ1v) is 8.74. The molecular formula is C16H29N3S. The smallest absolute Gasteiger partial charge is 0.0944 e. The van der Waals surface area contributed by atoms with Gasteiger partial charge in [0, 0.05) is 30.4 Å². The Morgan fingerprint density at radius 3 is 2.60 bits per heavy atom. The second-order valence-electron chi connectivity index (χ2n) is 6.49. The zero-order chi connectivity index (χ0) is 14.5. The Balaban J connectivity index is 1.97. The summed E-state index contributed by atoms with van der Waals surface area (Å²) in [5, 5.41) is 5.03. The van der Waals surface area contributed by atoms with E-state index in [1.165, 1.54) is 41.3 Å². The number of likely N-dealkylation sites (N-methyl/N-ethyl adjacent to an activating group) is 1. The lowest BCUT2D eigenvalue weighted by Gasteiger charge is -2.12. The molecule has 0 amide bonds. The molecule has 0 aliphatic heterocycles. The summed E-state index contributed by atoms with van der Waals surface area (Å²) in [5.74, 6) is 0.528. The van der Waals surface area contributed by atoms with Crippen LogP contribution in [-0.2, 0) is 13.0 Å². The predicted molar refractivity (Wildman–Crippen MR) is 87.6 cm³/mol. The van der Waals surface area contributed by atoms with E-state index in [1.807, 2.05) is 11.3 Å². The number of nitrogens with zero attached hydrogens (tertiary/aromatic N) is 2. The summed E-state index contributed by atoms with van der Waals surface area (Å²) >= 11 is 1.91. The number of nitrogens with one attached hydrogen (secondary N) is 1. The van der Waals surface area contributed by atoms with Gasteiger partial charge in [-0.3, -0.25) is 0 Å². The van der Waals surface area contributed by atoms with Gasteiger partial charge in [0.25, 0.3) is 0 Å². The molecule has 1 heterocycles. The largest absolute Gasteiger partial charge is 0.309 e. The SMILES string of the molecule is CC(C)c1nc(CCN(C)C)sc1CNC1CCCC1. The summed E-state index contributed by atoms with van der Waals surface area (Å²) in [6.07, 6.45) is 6.56. The first-order chi connectivity index (χ1) is 9.56. The quantitative estimate of drug-likeness (QED) is 0.835. The Morgan fingerprint density at radius 1 is 1.30 bits per heavy atom. The minimum atomic E-state index is 0.528. The van der Waals surface area contributed by atoms with Crippen LogP contribution >= 0.6 is 11.3 Å². The van der Waals surface area contributed by atoms with Gasteiger partial charge in [0.2, 0.25) is 0 Å². The van der Waals surface area contributed by atoms with Gasteiger partial charge in [-0.1, -0.05) is 26.7 Å². The Labute approximate surface area is 127 Å². The number of thiazole rings is 1. The van der Waals surface area contributed by atoms with E-state index in [-0.39, 0.29) is 0 Å². The molecule has 0 spiro atoms. The van der Waals surface area contributed by atoms with Crippen molar-refractivity contribution in [3.63, 3.8) is 0 Å². The van der Waals surface area contributed by atoms with Crippen molar-refractivity contribution < 1.29 is 0 Å². The highest BCUT2D eigenvalue weighted by molar-refractivity contribution is 7.11. The topological polar surface area (TPSA) is 28.2 Å². The highest BCUT2D eigenvalue weighted by Crippen LogP contribution is 2.26. The normalized spacial score (nSPS) is 16.7. The van der Waals surface area contributed by atoms with E-state index < -0.39 is 0 Å². The number of aromatic nitrogens is 1. The third-order valence-corrected chi connectivity index (χ3v) is 5.13. The summed E-state index contributed by atoms with van der Waals surface area (Å²) in [7, 11) is 4.25. The van der Waals surface area contributed by atoms with Crippen molar-refractivity contribution >= 4 is 11.3 Å². The highest BCUT2D eigenvalue weighted by atomic mass is 32.1. The summed E-state index contributed by atoms with van der Waals surface area (Å²) in [4.78, 5) is 8.57. The number of hydrogen-bond acceptors (Lipinski definition) is 4. The minimum Gasteiger partial charge on any atom is -0.309 e. The number of hydrogen-bond donors (Lipinski definition) is 1. The van der Waals surface area contributed by atoms with Crippen molar-refractivity contribution in [3.8, 4) is 0 Å². The Morgan fingerprint density at radius 2 is 2.00 bits per heavy atom. The molecule has 0 atom stereocenters. The van der Waals surface area contributed by atoms with Crippen LogP contribution in [-0.4, -0.2) is 36.6 Å². The lowest BCUT2D eigenvalue weighted by atomic mass is 10.1. The van der Waals surface area contributed by atoms with Gasteiger partial charge in [0.05, 0.1) is 10.7 Å². The van der Waals surface area contributed by atoms with Crippen LogP contribution in [0.1, 0.15) is 61.0 Å². The molecular weight excluding hydrogens is 266 g/mol. The van der Waals surface area contributed by atoms with Crippen molar-refractivity contribution in [2.75, 3.05) is 20.6 Å². The summed E-state index contributed by atoms with van der Waals surface area (Å²) in [5.41, 5.74) is 1.31. The summed E-state index contributed by atoms with van der Waals surface area (Å²) in [6, 6.07) is 0.738. The van der Waals surface area contributed by atoms with Gasteiger partial charge in [0.1, 0.15) is 0 Å². The maximum absolute atomic E-state index is 4.88. The molecule has 114 valence electrons. The maximum Gasteiger partial charge on any atom is 0.0944 e. The molecule has 1 saturated carbocycles. The second-order valence-corrected chi connectivity index (χ2v) is 7.65. The zero-order valence-electron chi connectivity index (χ0n) is 13.4. The predicted octanol–water partition coefficient (Wildman–Crippen LogP) is 3.40. The molecule has 3 nitrogen and oxygen atoms in total. The van der Waals surface area contributed by atoms with Crippen molar-refractivity contribution in [1.29, 1.82) is 0 Å². The third-order valence-electron chi connectivity index (χ3n) is 4.00. The Kier molecular flexibility index (Phi) is 6.00. The molecule has 1 fully saturated rings. The molecule has 0 unspecified atom stereocenters. The first-order valence-electron chi connectivity index (χ1n) is 7.93. The minimum absolute atomic E-state index is 0.528. The van der Waals surface area contributed by atoms with E-state index in [0.29, 0.717) is 5.92 Å². The second kappa shape index (κ2) is 7.53. The highest BCUT2D eigenvalue weighted by Gasteiger charge is 2.18. The molecule has 0 aromatic carbocycles. The molecule has 0 saturated heterocycles. The van der Waals surface area contributed by atoms with Crippen molar-refractivity contribution in [3.05, 3.63) is 15.6 Å². The maximum atomic E-state index is 4.88. The molecule has 20 heavy (non-hydrogen) atoms. The third kappa shape index (κ3) is 4.54. The molecule has 0 bridgehead atoms.